The topological polar surface area (TPSA) is 55.1 Å². The van der Waals surface area contributed by atoms with Gasteiger partial charge < -0.3 is 11.1 Å². The SMILES string of the molecule is CSC1CCCCC1NC(=O)C1CCCCC1CN. The lowest BCUT2D eigenvalue weighted by Crippen LogP contribution is -2.48. The zero-order valence-corrected chi connectivity index (χ0v) is 12.9. The summed E-state index contributed by atoms with van der Waals surface area (Å²) in [6.07, 6.45) is 11.7. The Balaban J connectivity index is 1.91. The fraction of sp³-hybridized carbons (Fsp3) is 0.933. The minimum atomic E-state index is 0.170. The van der Waals surface area contributed by atoms with E-state index in [0.717, 1.165) is 19.3 Å². The Kier molecular flexibility index (Phi) is 6.02. The number of nitrogens with one attached hydrogen (secondary N) is 1. The highest BCUT2D eigenvalue weighted by Gasteiger charge is 2.33. The summed E-state index contributed by atoms with van der Waals surface area (Å²) in [6.45, 7) is 0.661. The third kappa shape index (κ3) is 3.88. The van der Waals surface area contributed by atoms with Crippen LogP contribution in [0.25, 0.3) is 0 Å². The van der Waals surface area contributed by atoms with Crippen LogP contribution < -0.4 is 11.1 Å². The molecule has 3 nitrogen and oxygen atoms in total. The smallest absolute Gasteiger partial charge is 0.223 e. The van der Waals surface area contributed by atoms with Crippen LogP contribution in [-0.2, 0) is 4.79 Å². The molecule has 2 saturated carbocycles. The zero-order chi connectivity index (χ0) is 13.7. The molecule has 19 heavy (non-hydrogen) atoms. The standard InChI is InChI=1S/C15H28N2OS/c1-19-14-9-5-4-8-13(14)17-15(18)12-7-3-2-6-11(12)10-16/h11-14H,2-10,16H2,1H3,(H,17,18). The van der Waals surface area contributed by atoms with Gasteiger partial charge in [0, 0.05) is 17.2 Å². The predicted molar refractivity (Wildman–Crippen MR) is 82.2 cm³/mol. The monoisotopic (exact) mass is 284 g/mol. The quantitative estimate of drug-likeness (QED) is 0.834. The van der Waals surface area contributed by atoms with Gasteiger partial charge in [0.1, 0.15) is 0 Å². The van der Waals surface area contributed by atoms with Crippen molar-refractivity contribution in [2.75, 3.05) is 12.8 Å². The molecule has 2 aliphatic rings. The maximum absolute atomic E-state index is 12.5. The van der Waals surface area contributed by atoms with Crippen LogP contribution in [0.4, 0.5) is 0 Å². The van der Waals surface area contributed by atoms with Crippen LogP contribution >= 0.6 is 11.8 Å². The fourth-order valence-electron chi connectivity index (χ4n) is 3.67. The van der Waals surface area contributed by atoms with Gasteiger partial charge in [-0.25, -0.2) is 0 Å². The molecule has 1 amide bonds. The van der Waals surface area contributed by atoms with Crippen molar-refractivity contribution in [2.24, 2.45) is 17.6 Å². The first-order valence-corrected chi connectivity index (χ1v) is 9.08. The molecule has 0 bridgehead atoms. The third-order valence-electron chi connectivity index (χ3n) is 4.88. The molecule has 2 fully saturated rings. The summed E-state index contributed by atoms with van der Waals surface area (Å²) in [6, 6.07) is 0.386. The first-order chi connectivity index (χ1) is 9.26. The Morgan fingerprint density at radius 2 is 1.84 bits per heavy atom. The fourth-order valence-corrected chi connectivity index (χ4v) is 4.60. The average Bonchev–Trinajstić information content (AvgIpc) is 2.47. The van der Waals surface area contributed by atoms with E-state index in [1.54, 1.807) is 0 Å². The summed E-state index contributed by atoms with van der Waals surface area (Å²) in [5, 5.41) is 3.95. The van der Waals surface area contributed by atoms with Crippen molar-refractivity contribution in [3.05, 3.63) is 0 Å². The number of carbonyl (C=O) groups excluding carboxylic acids is 1. The maximum Gasteiger partial charge on any atom is 0.223 e. The van der Waals surface area contributed by atoms with Crippen molar-refractivity contribution in [2.45, 2.75) is 62.7 Å². The number of hydrogen-bond donors (Lipinski definition) is 2. The molecule has 0 saturated heterocycles. The van der Waals surface area contributed by atoms with Gasteiger partial charge in [-0.1, -0.05) is 25.7 Å². The van der Waals surface area contributed by atoms with E-state index in [9.17, 15) is 4.79 Å². The molecule has 0 aromatic carbocycles. The second kappa shape index (κ2) is 7.53. The van der Waals surface area contributed by atoms with E-state index in [-0.39, 0.29) is 11.8 Å². The molecule has 2 aliphatic carbocycles. The Morgan fingerprint density at radius 3 is 2.58 bits per heavy atom. The second-order valence-corrected chi connectivity index (χ2v) is 7.14. The van der Waals surface area contributed by atoms with Crippen molar-refractivity contribution < 1.29 is 4.79 Å². The summed E-state index contributed by atoms with van der Waals surface area (Å²) in [7, 11) is 0. The van der Waals surface area contributed by atoms with Crippen LogP contribution in [0.2, 0.25) is 0 Å². The molecule has 2 rings (SSSR count). The van der Waals surface area contributed by atoms with Crippen molar-refractivity contribution in [1.82, 2.24) is 5.32 Å². The van der Waals surface area contributed by atoms with Crippen LogP contribution in [0.1, 0.15) is 51.4 Å². The number of hydrogen-bond acceptors (Lipinski definition) is 3. The Labute approximate surface area is 121 Å². The molecular weight excluding hydrogens is 256 g/mol. The van der Waals surface area contributed by atoms with Crippen LogP contribution in [0, 0.1) is 11.8 Å². The number of carbonyl (C=O) groups is 1. The lowest BCUT2D eigenvalue weighted by Gasteiger charge is -2.35. The van der Waals surface area contributed by atoms with Gasteiger partial charge in [-0.15, -0.1) is 0 Å². The highest BCUT2D eigenvalue weighted by molar-refractivity contribution is 7.99. The number of amides is 1. The zero-order valence-electron chi connectivity index (χ0n) is 12.1. The van der Waals surface area contributed by atoms with Gasteiger partial charge in [-0.2, -0.15) is 11.8 Å². The van der Waals surface area contributed by atoms with Crippen LogP contribution in [-0.4, -0.2) is 30.0 Å². The number of thioether (sulfide) groups is 1. The molecule has 0 spiro atoms. The molecule has 4 heteroatoms. The summed E-state index contributed by atoms with van der Waals surface area (Å²) < 4.78 is 0. The van der Waals surface area contributed by atoms with E-state index in [4.69, 9.17) is 5.73 Å². The average molecular weight is 284 g/mol. The van der Waals surface area contributed by atoms with Crippen LogP contribution in [0.5, 0.6) is 0 Å². The van der Waals surface area contributed by atoms with Crippen LogP contribution in [0.15, 0.2) is 0 Å². The Morgan fingerprint density at radius 1 is 1.16 bits per heavy atom. The highest BCUT2D eigenvalue weighted by atomic mass is 32.2. The molecular formula is C15H28N2OS. The maximum atomic E-state index is 12.5. The molecule has 0 aromatic heterocycles. The largest absolute Gasteiger partial charge is 0.352 e. The third-order valence-corrected chi connectivity index (χ3v) is 6.05. The number of nitrogens with two attached hydrogens (primary N) is 1. The lowest BCUT2D eigenvalue weighted by atomic mass is 9.78. The Bertz CT molecular complexity index is 298. The van der Waals surface area contributed by atoms with E-state index in [2.05, 4.69) is 11.6 Å². The molecule has 0 aliphatic heterocycles. The van der Waals surface area contributed by atoms with Gasteiger partial charge >= 0.3 is 0 Å². The molecule has 3 N–H and O–H groups in total. The molecule has 0 aromatic rings. The van der Waals surface area contributed by atoms with E-state index in [1.807, 2.05) is 11.8 Å². The van der Waals surface area contributed by atoms with E-state index < -0.39 is 0 Å². The van der Waals surface area contributed by atoms with Crippen molar-refractivity contribution >= 4 is 17.7 Å². The Hall–Kier alpha value is -0.220. The second-order valence-electron chi connectivity index (χ2n) is 6.06. The summed E-state index contributed by atoms with van der Waals surface area (Å²) in [4.78, 5) is 12.5. The lowest BCUT2D eigenvalue weighted by molar-refractivity contribution is -0.128. The van der Waals surface area contributed by atoms with E-state index in [0.29, 0.717) is 23.8 Å². The first-order valence-electron chi connectivity index (χ1n) is 7.79. The normalized spacial score (nSPS) is 35.9. The summed E-state index contributed by atoms with van der Waals surface area (Å²) >= 11 is 1.91. The first kappa shape index (κ1) is 15.2. The predicted octanol–water partition coefficient (Wildman–Crippen LogP) is 2.54. The summed E-state index contributed by atoms with van der Waals surface area (Å²) in [5.41, 5.74) is 5.83. The number of rotatable bonds is 4. The van der Waals surface area contributed by atoms with Gasteiger partial charge in [0.2, 0.25) is 5.91 Å². The minimum absolute atomic E-state index is 0.170. The van der Waals surface area contributed by atoms with Crippen molar-refractivity contribution in [3.8, 4) is 0 Å². The van der Waals surface area contributed by atoms with Gasteiger partial charge in [0.25, 0.3) is 0 Å². The van der Waals surface area contributed by atoms with E-state index in [1.165, 1.54) is 32.1 Å². The van der Waals surface area contributed by atoms with Crippen molar-refractivity contribution in [3.63, 3.8) is 0 Å². The van der Waals surface area contributed by atoms with Gasteiger partial charge in [-0.3, -0.25) is 4.79 Å². The van der Waals surface area contributed by atoms with Crippen LogP contribution in [0.3, 0.4) is 0 Å². The van der Waals surface area contributed by atoms with Gasteiger partial charge in [0.15, 0.2) is 0 Å². The molecule has 4 unspecified atom stereocenters. The van der Waals surface area contributed by atoms with Gasteiger partial charge in [0.05, 0.1) is 0 Å². The minimum Gasteiger partial charge on any atom is -0.352 e. The molecule has 4 atom stereocenters. The van der Waals surface area contributed by atoms with Crippen molar-refractivity contribution in [1.29, 1.82) is 0 Å². The summed E-state index contributed by atoms with van der Waals surface area (Å²) in [5.74, 6) is 0.856. The highest BCUT2D eigenvalue weighted by Crippen LogP contribution is 2.31. The molecule has 110 valence electrons. The molecule has 0 heterocycles. The van der Waals surface area contributed by atoms with Gasteiger partial charge in [-0.05, 0) is 44.4 Å². The molecule has 0 radical (unpaired) electrons. The van der Waals surface area contributed by atoms with E-state index >= 15 is 0 Å².